The number of halogens is 6. The molecule has 0 aromatic heterocycles. The summed E-state index contributed by atoms with van der Waals surface area (Å²) in [7, 11) is 0. The van der Waals surface area contributed by atoms with E-state index in [0.29, 0.717) is 12.1 Å². The normalized spacial score (nSPS) is 15.8. The monoisotopic (exact) mass is 419 g/mol. The number of alkyl halides is 6. The first-order valence-corrected chi connectivity index (χ1v) is 9.06. The number of benzene rings is 1. The van der Waals surface area contributed by atoms with E-state index in [4.69, 9.17) is 4.74 Å². The molecule has 1 aliphatic heterocycles. The smallest absolute Gasteiger partial charge is 0.416 e. The van der Waals surface area contributed by atoms with Gasteiger partial charge in [0.15, 0.2) is 6.61 Å². The molecule has 1 aromatic rings. The Hall–Kier alpha value is -1.56. The van der Waals surface area contributed by atoms with Crippen molar-refractivity contribution in [3.05, 3.63) is 29.3 Å². The van der Waals surface area contributed by atoms with Crippen molar-refractivity contribution >= 4 is 41.1 Å². The van der Waals surface area contributed by atoms with E-state index in [-0.39, 0.29) is 6.07 Å². The van der Waals surface area contributed by atoms with E-state index in [2.05, 4.69) is 0 Å². The van der Waals surface area contributed by atoms with Crippen LogP contribution >= 0.6 is 23.5 Å². The van der Waals surface area contributed by atoms with Gasteiger partial charge in [-0.3, -0.25) is 4.79 Å². The molecule has 1 N–H and O–H groups in total. The summed E-state index contributed by atoms with van der Waals surface area (Å²) in [6, 6.07) is 0.694. The van der Waals surface area contributed by atoms with Crippen LogP contribution in [0.25, 0.3) is 0 Å². The number of amides is 1. The van der Waals surface area contributed by atoms with Crippen LogP contribution in [0, 0.1) is 0 Å². The minimum absolute atomic E-state index is 0.0514. The Morgan fingerprint density at radius 3 is 1.96 bits per heavy atom. The molecule has 0 bridgehead atoms. The van der Waals surface area contributed by atoms with Gasteiger partial charge in [-0.15, -0.1) is 23.5 Å². The second kappa shape index (κ2) is 7.99. The van der Waals surface area contributed by atoms with E-state index < -0.39 is 52.2 Å². The first kappa shape index (κ1) is 20.7. The van der Waals surface area contributed by atoms with Gasteiger partial charge >= 0.3 is 18.3 Å². The van der Waals surface area contributed by atoms with E-state index in [1.54, 1.807) is 0 Å². The third kappa shape index (κ3) is 5.73. The molecule has 0 atom stereocenters. The molecule has 1 amide bonds. The predicted octanol–water partition coefficient (Wildman–Crippen LogP) is 4.01. The van der Waals surface area contributed by atoms with Gasteiger partial charge in [-0.05, 0) is 18.2 Å². The van der Waals surface area contributed by atoms with Crippen molar-refractivity contribution in [2.75, 3.05) is 23.4 Å². The largest absolute Gasteiger partial charge is 0.454 e. The number of carbonyl (C=O) groups excluding carboxylic acids is 2. The Morgan fingerprint density at radius 1 is 1.00 bits per heavy atom. The quantitative estimate of drug-likeness (QED) is 0.591. The average Bonchev–Trinajstić information content (AvgIpc) is 3.05. The molecule has 1 heterocycles. The third-order valence-electron chi connectivity index (χ3n) is 3.03. The van der Waals surface area contributed by atoms with Crippen LogP contribution in [0.5, 0.6) is 0 Å². The molecule has 26 heavy (non-hydrogen) atoms. The zero-order valence-corrected chi connectivity index (χ0v) is 14.4. The molecule has 0 spiro atoms. The van der Waals surface area contributed by atoms with Gasteiger partial charge in [0.1, 0.15) is 4.58 Å². The molecule has 0 unspecified atom stereocenters. The molecule has 144 valence electrons. The van der Waals surface area contributed by atoms with Crippen LogP contribution in [0.2, 0.25) is 0 Å². The number of esters is 1. The predicted molar refractivity (Wildman–Crippen MR) is 84.7 cm³/mol. The molecule has 4 nitrogen and oxygen atoms in total. The van der Waals surface area contributed by atoms with Crippen molar-refractivity contribution in [1.82, 2.24) is 0 Å². The van der Waals surface area contributed by atoms with Crippen LogP contribution in [0.15, 0.2) is 18.2 Å². The van der Waals surface area contributed by atoms with Gasteiger partial charge in [-0.2, -0.15) is 26.3 Å². The maximum atomic E-state index is 12.7. The minimum atomic E-state index is -5.02. The number of anilines is 1. The van der Waals surface area contributed by atoms with E-state index in [1.807, 2.05) is 5.32 Å². The summed E-state index contributed by atoms with van der Waals surface area (Å²) in [6.07, 6.45) is -10.0. The molecule has 0 saturated carbocycles. The highest BCUT2D eigenvalue weighted by atomic mass is 32.2. The van der Waals surface area contributed by atoms with Crippen LogP contribution in [-0.2, 0) is 26.7 Å². The van der Waals surface area contributed by atoms with Crippen molar-refractivity contribution in [2.24, 2.45) is 0 Å². The highest BCUT2D eigenvalue weighted by molar-refractivity contribution is 8.21. The summed E-state index contributed by atoms with van der Waals surface area (Å²) in [6.45, 7) is -0.811. The summed E-state index contributed by atoms with van der Waals surface area (Å²) < 4.78 is 80.7. The van der Waals surface area contributed by atoms with Crippen LogP contribution in [0.4, 0.5) is 32.0 Å². The first-order chi connectivity index (χ1) is 12.0. The number of hydrogen-bond donors (Lipinski definition) is 1. The lowest BCUT2D eigenvalue weighted by molar-refractivity contribution is -0.145. The van der Waals surface area contributed by atoms with E-state index >= 15 is 0 Å². The Labute approximate surface area is 152 Å². The Kier molecular flexibility index (Phi) is 6.37. The molecular formula is C14H11F6NO3S2. The molecular weight excluding hydrogens is 408 g/mol. The standard InChI is InChI=1S/C14H11F6NO3S2/c15-13(16,17)7-3-8(14(18,19)20)5-9(4-7)21-10(22)6-24-11(23)12-25-1-2-26-12/h3-5,12H,1-2,6H2,(H,21,22). The number of rotatable bonds is 4. The fourth-order valence-electron chi connectivity index (χ4n) is 1.92. The topological polar surface area (TPSA) is 55.4 Å². The van der Waals surface area contributed by atoms with E-state index in [0.717, 1.165) is 11.5 Å². The summed E-state index contributed by atoms with van der Waals surface area (Å²) >= 11 is 2.64. The second-order valence-electron chi connectivity index (χ2n) is 5.02. The average molecular weight is 419 g/mol. The van der Waals surface area contributed by atoms with Gasteiger partial charge < -0.3 is 10.1 Å². The van der Waals surface area contributed by atoms with Crippen molar-refractivity contribution in [1.29, 1.82) is 0 Å². The molecule has 1 fully saturated rings. The second-order valence-corrected chi connectivity index (χ2v) is 7.75. The fraction of sp³-hybridized carbons (Fsp3) is 0.429. The van der Waals surface area contributed by atoms with Crippen molar-refractivity contribution in [3.63, 3.8) is 0 Å². The minimum Gasteiger partial charge on any atom is -0.454 e. The van der Waals surface area contributed by atoms with Crippen LogP contribution < -0.4 is 5.32 Å². The van der Waals surface area contributed by atoms with Gasteiger partial charge in [0.05, 0.1) is 11.1 Å². The van der Waals surface area contributed by atoms with Gasteiger partial charge in [0.2, 0.25) is 0 Å². The molecule has 1 aromatic carbocycles. The Balaban J connectivity index is 2.07. The lowest BCUT2D eigenvalue weighted by atomic mass is 10.1. The molecule has 12 heteroatoms. The van der Waals surface area contributed by atoms with Gasteiger partial charge in [0, 0.05) is 17.2 Å². The highest BCUT2D eigenvalue weighted by Crippen LogP contribution is 2.37. The zero-order chi connectivity index (χ0) is 19.5. The number of nitrogens with one attached hydrogen (secondary N) is 1. The summed E-state index contributed by atoms with van der Waals surface area (Å²) in [5, 5.41) is 1.88. The molecule has 1 saturated heterocycles. The fourth-order valence-corrected chi connectivity index (χ4v) is 4.49. The summed E-state index contributed by atoms with van der Waals surface area (Å²) in [5.41, 5.74) is -3.81. The van der Waals surface area contributed by atoms with Crippen molar-refractivity contribution < 1.29 is 40.7 Å². The van der Waals surface area contributed by atoms with Gasteiger partial charge in [0.25, 0.3) is 5.91 Å². The van der Waals surface area contributed by atoms with Gasteiger partial charge in [-0.1, -0.05) is 0 Å². The Bertz CT molecular complexity index is 654. The van der Waals surface area contributed by atoms with Crippen LogP contribution in [0.1, 0.15) is 11.1 Å². The number of thioether (sulfide) groups is 2. The Morgan fingerprint density at radius 2 is 1.50 bits per heavy atom. The third-order valence-corrected chi connectivity index (χ3v) is 5.98. The zero-order valence-electron chi connectivity index (χ0n) is 12.7. The molecule has 0 radical (unpaired) electrons. The van der Waals surface area contributed by atoms with Crippen molar-refractivity contribution in [3.8, 4) is 0 Å². The summed E-state index contributed by atoms with van der Waals surface area (Å²) in [4.78, 5) is 23.3. The molecule has 1 aliphatic rings. The maximum Gasteiger partial charge on any atom is 0.416 e. The number of hydrogen-bond acceptors (Lipinski definition) is 5. The summed E-state index contributed by atoms with van der Waals surface area (Å²) in [5.74, 6) is -0.242. The SMILES string of the molecule is O=C(COC(=O)C1SCCS1)Nc1cc(C(F)(F)F)cc(C(F)(F)F)c1. The van der Waals surface area contributed by atoms with Crippen LogP contribution in [-0.4, -0.2) is 34.6 Å². The number of carbonyl (C=O) groups is 2. The highest BCUT2D eigenvalue weighted by Gasteiger charge is 2.37. The first-order valence-electron chi connectivity index (χ1n) is 6.96. The number of ether oxygens (including phenoxy) is 1. The van der Waals surface area contributed by atoms with Gasteiger partial charge in [-0.25, -0.2) is 4.79 Å². The van der Waals surface area contributed by atoms with Crippen molar-refractivity contribution in [2.45, 2.75) is 16.9 Å². The van der Waals surface area contributed by atoms with E-state index in [9.17, 15) is 35.9 Å². The molecule has 0 aliphatic carbocycles. The lowest BCUT2D eigenvalue weighted by Gasteiger charge is -2.15. The van der Waals surface area contributed by atoms with Crippen LogP contribution in [0.3, 0.4) is 0 Å². The van der Waals surface area contributed by atoms with E-state index in [1.165, 1.54) is 23.5 Å². The lowest BCUT2D eigenvalue weighted by Crippen LogP contribution is -2.24. The maximum absolute atomic E-state index is 12.7. The molecule has 2 rings (SSSR count).